The van der Waals surface area contributed by atoms with Gasteiger partial charge in [-0.3, -0.25) is 0 Å². The van der Waals surface area contributed by atoms with E-state index >= 15 is 0 Å². The maximum Gasteiger partial charge on any atom is 0.193 e. The molecule has 1 aliphatic carbocycles. The second kappa shape index (κ2) is 8.03. The lowest BCUT2D eigenvalue weighted by molar-refractivity contribution is 0.0724. The van der Waals surface area contributed by atoms with Crippen molar-refractivity contribution in [2.45, 2.75) is 31.9 Å². The molecular formula is C17H27N3O. The fraction of sp³-hybridized carbons (Fsp3) is 0.588. The first kappa shape index (κ1) is 15.8. The summed E-state index contributed by atoms with van der Waals surface area (Å²) in [6.07, 6.45) is 4.09. The molecular weight excluding hydrogens is 262 g/mol. The van der Waals surface area contributed by atoms with Gasteiger partial charge in [0.1, 0.15) is 0 Å². The Kier molecular flexibility index (Phi) is 6.05. The monoisotopic (exact) mass is 289 g/mol. The lowest BCUT2D eigenvalue weighted by atomic mass is 10.1. The summed E-state index contributed by atoms with van der Waals surface area (Å²) in [5.74, 6) is 1.54. The quantitative estimate of drug-likeness (QED) is 0.668. The zero-order chi connectivity index (χ0) is 15.1. The molecule has 0 radical (unpaired) electrons. The predicted molar refractivity (Wildman–Crippen MR) is 87.4 cm³/mol. The average Bonchev–Trinajstić information content (AvgIpc) is 2.95. The Balaban J connectivity index is 1.90. The van der Waals surface area contributed by atoms with E-state index in [-0.39, 0.29) is 0 Å². The third-order valence-corrected chi connectivity index (χ3v) is 4.09. The first-order chi connectivity index (χ1) is 10.2. The molecule has 2 rings (SSSR count). The Hall–Kier alpha value is -1.55. The van der Waals surface area contributed by atoms with Gasteiger partial charge in [-0.25, -0.2) is 4.99 Å². The van der Waals surface area contributed by atoms with Gasteiger partial charge in [0.05, 0.1) is 12.6 Å². The number of nitrogens with zero attached hydrogens (tertiary/aromatic N) is 2. The molecule has 2 unspecified atom stereocenters. The fourth-order valence-corrected chi connectivity index (χ4v) is 2.87. The van der Waals surface area contributed by atoms with E-state index in [1.54, 1.807) is 0 Å². The number of benzene rings is 1. The molecule has 4 nitrogen and oxygen atoms in total. The molecule has 0 bridgehead atoms. The first-order valence-electron chi connectivity index (χ1n) is 7.73. The van der Waals surface area contributed by atoms with Gasteiger partial charge in [-0.05, 0) is 18.4 Å². The largest absolute Gasteiger partial charge is 0.381 e. The van der Waals surface area contributed by atoms with Gasteiger partial charge in [0.25, 0.3) is 0 Å². The summed E-state index contributed by atoms with van der Waals surface area (Å²) in [7, 11) is 5.87. The molecule has 1 saturated carbocycles. The van der Waals surface area contributed by atoms with Crippen LogP contribution in [0.1, 0.15) is 24.8 Å². The minimum atomic E-state index is 0.398. The number of nitrogens with one attached hydrogen (secondary N) is 1. The van der Waals surface area contributed by atoms with Crippen LogP contribution in [0.4, 0.5) is 0 Å². The van der Waals surface area contributed by atoms with E-state index in [0.29, 0.717) is 18.6 Å². The predicted octanol–water partition coefficient (Wildman–Crippen LogP) is 2.51. The summed E-state index contributed by atoms with van der Waals surface area (Å²) in [5, 5.41) is 3.49. The molecule has 1 aromatic rings. The number of aliphatic imine (C=N–C) groups is 1. The highest BCUT2D eigenvalue weighted by Gasteiger charge is 2.27. The van der Waals surface area contributed by atoms with Crippen LogP contribution in [-0.2, 0) is 11.3 Å². The van der Waals surface area contributed by atoms with Crippen LogP contribution in [0.2, 0.25) is 0 Å². The molecule has 0 aliphatic heterocycles. The van der Waals surface area contributed by atoms with Gasteiger partial charge in [-0.1, -0.05) is 36.8 Å². The number of guanidine groups is 1. The number of hydrogen-bond donors (Lipinski definition) is 1. The smallest absolute Gasteiger partial charge is 0.193 e. The fourth-order valence-electron chi connectivity index (χ4n) is 2.87. The highest BCUT2D eigenvalue weighted by molar-refractivity contribution is 5.79. The van der Waals surface area contributed by atoms with Crippen LogP contribution in [0.5, 0.6) is 0 Å². The van der Waals surface area contributed by atoms with Gasteiger partial charge in [0.15, 0.2) is 5.96 Å². The number of rotatable bonds is 5. The Morgan fingerprint density at radius 1 is 1.29 bits per heavy atom. The average molecular weight is 289 g/mol. The molecule has 0 saturated heterocycles. The van der Waals surface area contributed by atoms with Crippen LogP contribution in [0, 0.1) is 5.92 Å². The Labute approximate surface area is 128 Å². The van der Waals surface area contributed by atoms with Crippen LogP contribution >= 0.6 is 0 Å². The van der Waals surface area contributed by atoms with Crippen molar-refractivity contribution in [3.63, 3.8) is 0 Å². The molecule has 0 aromatic heterocycles. The molecule has 21 heavy (non-hydrogen) atoms. The van der Waals surface area contributed by atoms with Crippen LogP contribution < -0.4 is 5.32 Å². The van der Waals surface area contributed by atoms with Crippen molar-refractivity contribution < 1.29 is 4.74 Å². The number of hydrogen-bond acceptors (Lipinski definition) is 2. The van der Waals surface area contributed by atoms with E-state index < -0.39 is 0 Å². The number of ether oxygens (including phenoxy) is 1. The zero-order valence-corrected chi connectivity index (χ0v) is 13.4. The summed E-state index contributed by atoms with van der Waals surface area (Å²) >= 11 is 0. The van der Waals surface area contributed by atoms with Gasteiger partial charge in [-0.2, -0.15) is 0 Å². The summed E-state index contributed by atoms with van der Waals surface area (Å²) < 4.78 is 5.55. The van der Waals surface area contributed by atoms with E-state index in [9.17, 15) is 0 Å². The van der Waals surface area contributed by atoms with E-state index in [1.807, 2.05) is 32.2 Å². The lowest BCUT2D eigenvalue weighted by Crippen LogP contribution is -2.40. The molecule has 0 spiro atoms. The standard InChI is InChI=1S/C17H27N3O/c1-20(2)17(18-12-14-8-5-4-6-9-14)19-13-15-10-7-11-16(15)21-3/h4-6,8-9,15-16H,7,10-13H2,1-3H3,(H,18,19). The minimum absolute atomic E-state index is 0.398. The summed E-state index contributed by atoms with van der Waals surface area (Å²) in [5.41, 5.74) is 1.23. The Morgan fingerprint density at radius 3 is 2.71 bits per heavy atom. The highest BCUT2D eigenvalue weighted by Crippen LogP contribution is 2.27. The molecule has 1 N–H and O–H groups in total. The topological polar surface area (TPSA) is 36.9 Å². The van der Waals surface area contributed by atoms with E-state index in [4.69, 9.17) is 9.73 Å². The normalized spacial score (nSPS) is 22.3. The van der Waals surface area contributed by atoms with Crippen molar-refractivity contribution >= 4 is 5.96 Å². The number of methoxy groups -OCH3 is 1. The SMILES string of the molecule is COC1CCCC1CNC(=NCc1ccccc1)N(C)C. The molecule has 1 aromatic carbocycles. The van der Waals surface area contributed by atoms with Gasteiger partial charge in [0, 0.05) is 33.7 Å². The lowest BCUT2D eigenvalue weighted by Gasteiger charge is -2.23. The molecule has 0 heterocycles. The maximum atomic E-state index is 5.55. The summed E-state index contributed by atoms with van der Waals surface area (Å²) in [6.45, 7) is 1.64. The van der Waals surface area contributed by atoms with E-state index in [0.717, 1.165) is 12.5 Å². The van der Waals surface area contributed by atoms with E-state index in [2.05, 4.69) is 29.6 Å². The van der Waals surface area contributed by atoms with E-state index in [1.165, 1.54) is 24.8 Å². The van der Waals surface area contributed by atoms with Crippen LogP contribution in [0.3, 0.4) is 0 Å². The Morgan fingerprint density at radius 2 is 2.05 bits per heavy atom. The molecule has 116 valence electrons. The van der Waals surface area contributed by atoms with Crippen molar-refractivity contribution in [2.75, 3.05) is 27.7 Å². The summed E-state index contributed by atoms with van der Waals surface area (Å²) in [6, 6.07) is 10.3. The van der Waals surface area contributed by atoms with Gasteiger partial charge < -0.3 is 15.0 Å². The zero-order valence-electron chi connectivity index (χ0n) is 13.4. The second-order valence-corrected chi connectivity index (χ2v) is 5.87. The first-order valence-corrected chi connectivity index (χ1v) is 7.73. The van der Waals surface area contributed by atoms with Gasteiger partial charge >= 0.3 is 0 Å². The van der Waals surface area contributed by atoms with Gasteiger partial charge in [-0.15, -0.1) is 0 Å². The second-order valence-electron chi connectivity index (χ2n) is 5.87. The van der Waals surface area contributed by atoms with Crippen molar-refractivity contribution in [2.24, 2.45) is 10.9 Å². The minimum Gasteiger partial charge on any atom is -0.381 e. The molecule has 2 atom stereocenters. The third kappa shape index (κ3) is 4.74. The van der Waals surface area contributed by atoms with Crippen LogP contribution in [0.25, 0.3) is 0 Å². The molecule has 0 amide bonds. The van der Waals surface area contributed by atoms with Gasteiger partial charge in [0.2, 0.25) is 0 Å². The maximum absolute atomic E-state index is 5.55. The highest BCUT2D eigenvalue weighted by atomic mass is 16.5. The third-order valence-electron chi connectivity index (χ3n) is 4.09. The van der Waals surface area contributed by atoms with Crippen LogP contribution in [0.15, 0.2) is 35.3 Å². The molecule has 4 heteroatoms. The van der Waals surface area contributed by atoms with Crippen molar-refractivity contribution in [1.82, 2.24) is 10.2 Å². The molecule has 1 fully saturated rings. The van der Waals surface area contributed by atoms with Crippen molar-refractivity contribution in [1.29, 1.82) is 0 Å². The van der Waals surface area contributed by atoms with Crippen molar-refractivity contribution in [3.8, 4) is 0 Å². The summed E-state index contributed by atoms with van der Waals surface area (Å²) in [4.78, 5) is 6.74. The molecule has 1 aliphatic rings. The van der Waals surface area contributed by atoms with Crippen LogP contribution in [-0.4, -0.2) is 44.7 Å². The Bertz CT molecular complexity index is 445. The van der Waals surface area contributed by atoms with Crippen molar-refractivity contribution in [3.05, 3.63) is 35.9 Å².